The van der Waals surface area contributed by atoms with E-state index in [1.54, 1.807) is 11.1 Å². The molecule has 6 nitrogen and oxygen atoms in total. The van der Waals surface area contributed by atoms with E-state index in [4.69, 9.17) is 0 Å². The summed E-state index contributed by atoms with van der Waals surface area (Å²) in [6.07, 6.45) is -7.22. The summed E-state index contributed by atoms with van der Waals surface area (Å²) < 4.78 is 80.8. The van der Waals surface area contributed by atoms with E-state index in [1.165, 1.54) is 4.90 Å². The van der Waals surface area contributed by atoms with Crippen molar-refractivity contribution in [3.8, 4) is 0 Å². The Morgan fingerprint density at radius 3 is 2.25 bits per heavy atom. The third-order valence-electron chi connectivity index (χ3n) is 7.06. The van der Waals surface area contributed by atoms with Crippen LogP contribution < -0.4 is 0 Å². The fraction of sp³-hybridized carbons (Fsp3) is 0.429. The van der Waals surface area contributed by atoms with Gasteiger partial charge in [0.25, 0.3) is 5.91 Å². The molecule has 0 aliphatic carbocycles. The molecule has 0 radical (unpaired) electrons. The maximum Gasteiger partial charge on any atom is 0.416 e. The number of amides is 2. The van der Waals surface area contributed by atoms with Gasteiger partial charge in [-0.05, 0) is 63.3 Å². The van der Waals surface area contributed by atoms with Gasteiger partial charge < -0.3 is 19.7 Å². The van der Waals surface area contributed by atoms with E-state index in [1.807, 2.05) is 43.3 Å². The van der Waals surface area contributed by atoms with Crippen LogP contribution in [-0.2, 0) is 23.6 Å². The topological polar surface area (TPSA) is 59.7 Å². The van der Waals surface area contributed by atoms with Crippen LogP contribution in [-0.4, -0.2) is 77.8 Å². The molecule has 1 aliphatic heterocycles. The quantitative estimate of drug-likeness (QED) is 0.386. The molecule has 0 bridgehead atoms. The summed E-state index contributed by atoms with van der Waals surface area (Å²) in [6, 6.07) is 7.68. The largest absolute Gasteiger partial charge is 0.416 e. The Kier molecular flexibility index (Phi) is 8.48. The Labute approximate surface area is 227 Å². The first-order valence-electron chi connectivity index (χ1n) is 12.8. The van der Waals surface area contributed by atoms with Crippen molar-refractivity contribution < 1.29 is 35.9 Å². The van der Waals surface area contributed by atoms with Crippen LogP contribution >= 0.6 is 0 Å². The molecule has 3 aromatic rings. The molecule has 0 spiro atoms. The molecule has 1 fully saturated rings. The van der Waals surface area contributed by atoms with Crippen LogP contribution in [0.2, 0.25) is 0 Å². The number of para-hydroxylation sites is 1. The summed E-state index contributed by atoms with van der Waals surface area (Å²) in [4.78, 5) is 34.5. The minimum atomic E-state index is -5.07. The number of hydrogen-bond acceptors (Lipinski definition) is 3. The molecule has 2 amide bonds. The zero-order valence-corrected chi connectivity index (χ0v) is 22.1. The first-order valence-corrected chi connectivity index (χ1v) is 12.8. The van der Waals surface area contributed by atoms with Gasteiger partial charge in [0, 0.05) is 48.7 Å². The van der Waals surface area contributed by atoms with Crippen molar-refractivity contribution in [2.24, 2.45) is 0 Å². The smallest absolute Gasteiger partial charge is 0.361 e. The lowest BCUT2D eigenvalue weighted by atomic mass is 9.98. The Bertz CT molecular complexity index is 1330. The average molecular weight is 569 g/mol. The van der Waals surface area contributed by atoms with Crippen LogP contribution in [0.25, 0.3) is 10.9 Å². The van der Waals surface area contributed by atoms with Gasteiger partial charge in [-0.15, -0.1) is 0 Å². The Morgan fingerprint density at radius 2 is 1.62 bits per heavy atom. The second-order valence-corrected chi connectivity index (χ2v) is 10.3. The molecule has 1 saturated heterocycles. The number of nitrogens with zero attached hydrogens (tertiary/aromatic N) is 3. The van der Waals surface area contributed by atoms with Crippen molar-refractivity contribution in [1.29, 1.82) is 0 Å². The van der Waals surface area contributed by atoms with Crippen molar-refractivity contribution in [2.75, 3.05) is 40.3 Å². The number of nitrogens with one attached hydrogen (secondary N) is 1. The Morgan fingerprint density at radius 1 is 0.975 bits per heavy atom. The summed E-state index contributed by atoms with van der Waals surface area (Å²) in [5.74, 6) is -1.06. The molecule has 40 heavy (non-hydrogen) atoms. The maximum absolute atomic E-state index is 13.6. The molecule has 12 heteroatoms. The minimum absolute atomic E-state index is 0.00450. The number of hydrogen-bond donors (Lipinski definition) is 1. The summed E-state index contributed by atoms with van der Waals surface area (Å²) in [7, 11) is 3.79. The van der Waals surface area contributed by atoms with Gasteiger partial charge in [-0.2, -0.15) is 26.3 Å². The van der Waals surface area contributed by atoms with E-state index >= 15 is 0 Å². The summed E-state index contributed by atoms with van der Waals surface area (Å²) >= 11 is 0. The number of H-pyrrole nitrogens is 1. The van der Waals surface area contributed by atoms with E-state index in [0.29, 0.717) is 25.1 Å². The molecular formula is C28H30F6N4O2. The molecule has 1 unspecified atom stereocenters. The molecule has 4 rings (SSSR count). The SMILES string of the molecule is CN(C)CCCC(=O)N1CCN(C(=O)c2cc(C(F)(F)F)cc(C(F)(F)F)c2)C(Cc2c[nH]c3ccccc23)C1. The number of alkyl halides is 6. The van der Waals surface area contributed by atoms with Gasteiger partial charge in [-0.3, -0.25) is 9.59 Å². The maximum atomic E-state index is 13.6. The highest BCUT2D eigenvalue weighted by Gasteiger charge is 2.39. The second kappa shape index (κ2) is 11.5. The number of rotatable bonds is 7. The predicted octanol–water partition coefficient (Wildman–Crippen LogP) is 5.44. The number of piperazine rings is 1. The molecule has 1 atom stereocenters. The highest BCUT2D eigenvalue weighted by molar-refractivity contribution is 5.95. The molecule has 2 aromatic carbocycles. The van der Waals surface area contributed by atoms with E-state index in [-0.39, 0.29) is 44.4 Å². The Hall–Kier alpha value is -3.54. The van der Waals surface area contributed by atoms with Gasteiger partial charge >= 0.3 is 12.4 Å². The number of benzene rings is 2. The number of carbonyl (C=O) groups is 2. The summed E-state index contributed by atoms with van der Waals surface area (Å²) in [6.45, 7) is 0.919. The van der Waals surface area contributed by atoms with Crippen LogP contribution in [0.5, 0.6) is 0 Å². The number of aromatic amines is 1. The van der Waals surface area contributed by atoms with Crippen LogP contribution in [0.1, 0.15) is 39.9 Å². The minimum Gasteiger partial charge on any atom is -0.361 e. The molecule has 216 valence electrons. The van der Waals surface area contributed by atoms with Gasteiger partial charge in [0.1, 0.15) is 0 Å². The average Bonchev–Trinajstić information content (AvgIpc) is 3.29. The van der Waals surface area contributed by atoms with Gasteiger partial charge in [-0.25, -0.2) is 0 Å². The zero-order valence-electron chi connectivity index (χ0n) is 22.1. The lowest BCUT2D eigenvalue weighted by molar-refractivity contribution is -0.143. The number of fused-ring (bicyclic) bond motifs is 1. The standard InChI is InChI=1S/C28H30F6N4O2/c1-36(2)9-5-8-25(39)37-10-11-38(22(17-37)14-19-16-35-24-7-4-3-6-23(19)24)26(40)18-12-20(27(29,30)31)15-21(13-18)28(32,33)34/h3-4,6-7,12-13,15-16,22,35H,5,8-11,14,17H2,1-2H3. The van der Waals surface area contributed by atoms with E-state index in [2.05, 4.69) is 4.98 Å². The monoisotopic (exact) mass is 568 g/mol. The first kappa shape index (κ1) is 29.4. The zero-order chi connectivity index (χ0) is 29.2. The number of aromatic nitrogens is 1. The van der Waals surface area contributed by atoms with Gasteiger partial charge in [0.15, 0.2) is 0 Å². The van der Waals surface area contributed by atoms with Crippen LogP contribution in [0, 0.1) is 0 Å². The normalized spacial score (nSPS) is 16.7. The second-order valence-electron chi connectivity index (χ2n) is 10.3. The molecule has 1 N–H and O–H groups in total. The number of halogens is 6. The van der Waals surface area contributed by atoms with E-state index < -0.39 is 41.0 Å². The van der Waals surface area contributed by atoms with E-state index in [9.17, 15) is 35.9 Å². The molecule has 1 aromatic heterocycles. The van der Waals surface area contributed by atoms with Crippen molar-refractivity contribution in [3.63, 3.8) is 0 Å². The molecule has 2 heterocycles. The van der Waals surface area contributed by atoms with Crippen LogP contribution in [0.3, 0.4) is 0 Å². The molecular weight excluding hydrogens is 538 g/mol. The fourth-order valence-electron chi connectivity index (χ4n) is 5.03. The van der Waals surface area contributed by atoms with Gasteiger partial charge in [0.2, 0.25) is 5.91 Å². The van der Waals surface area contributed by atoms with E-state index in [0.717, 1.165) is 16.5 Å². The molecule has 1 aliphatic rings. The van der Waals surface area contributed by atoms with Crippen LogP contribution in [0.4, 0.5) is 26.3 Å². The van der Waals surface area contributed by atoms with Gasteiger partial charge in [-0.1, -0.05) is 18.2 Å². The lowest BCUT2D eigenvalue weighted by Crippen LogP contribution is -2.57. The number of carbonyl (C=O) groups excluding carboxylic acids is 2. The third kappa shape index (κ3) is 6.78. The fourth-order valence-corrected chi connectivity index (χ4v) is 5.03. The summed E-state index contributed by atoms with van der Waals surface area (Å²) in [5, 5.41) is 0.878. The lowest BCUT2D eigenvalue weighted by Gasteiger charge is -2.42. The van der Waals surface area contributed by atoms with Crippen molar-refractivity contribution in [1.82, 2.24) is 19.7 Å². The first-order chi connectivity index (χ1) is 18.7. The Balaban J connectivity index is 1.66. The van der Waals surface area contributed by atoms with Crippen molar-refractivity contribution in [3.05, 3.63) is 70.9 Å². The van der Waals surface area contributed by atoms with Crippen LogP contribution in [0.15, 0.2) is 48.7 Å². The van der Waals surface area contributed by atoms with Crippen molar-refractivity contribution >= 4 is 22.7 Å². The summed E-state index contributed by atoms with van der Waals surface area (Å²) in [5.41, 5.74) is -2.13. The van der Waals surface area contributed by atoms with Crippen molar-refractivity contribution in [2.45, 2.75) is 37.7 Å². The highest BCUT2D eigenvalue weighted by atomic mass is 19.4. The molecule has 0 saturated carbocycles. The van der Waals surface area contributed by atoms with Gasteiger partial charge in [0.05, 0.1) is 17.2 Å². The predicted molar refractivity (Wildman–Crippen MR) is 138 cm³/mol. The third-order valence-corrected chi connectivity index (χ3v) is 7.06. The highest BCUT2D eigenvalue weighted by Crippen LogP contribution is 2.37.